The Balaban J connectivity index is 1.49. The van der Waals surface area contributed by atoms with Crippen molar-refractivity contribution in [2.75, 3.05) is 0 Å². The highest BCUT2D eigenvalue weighted by molar-refractivity contribution is 5.92. The minimum absolute atomic E-state index is 0.190. The third kappa shape index (κ3) is 3.72. The quantitative estimate of drug-likeness (QED) is 0.718. The van der Waals surface area contributed by atoms with Crippen LogP contribution in [0.4, 0.5) is 0 Å². The van der Waals surface area contributed by atoms with Gasteiger partial charge in [-0.2, -0.15) is 0 Å². The van der Waals surface area contributed by atoms with E-state index in [9.17, 15) is 4.79 Å². The van der Waals surface area contributed by atoms with E-state index in [0.29, 0.717) is 11.7 Å². The van der Waals surface area contributed by atoms with Gasteiger partial charge in [-0.1, -0.05) is 37.5 Å². The topological polar surface area (TPSA) is 88.5 Å². The molecule has 2 aromatic heterocycles. The second-order valence-electron chi connectivity index (χ2n) is 7.45. The van der Waals surface area contributed by atoms with Crippen molar-refractivity contribution >= 4 is 16.9 Å². The number of fused-ring (bicyclic) bond motifs is 1. The zero-order valence-electron chi connectivity index (χ0n) is 15.9. The van der Waals surface area contributed by atoms with Gasteiger partial charge in [0.2, 0.25) is 0 Å². The van der Waals surface area contributed by atoms with Gasteiger partial charge in [0.15, 0.2) is 5.69 Å². The number of rotatable bonds is 5. The molecular formula is C20H26N6O. The lowest BCUT2D eigenvalue weighted by molar-refractivity contribution is 0.0928. The summed E-state index contributed by atoms with van der Waals surface area (Å²) in [4.78, 5) is 20.7. The highest BCUT2D eigenvalue weighted by atomic mass is 16.2. The minimum atomic E-state index is -0.208. The molecule has 4 rings (SSSR count). The highest BCUT2D eigenvalue weighted by Crippen LogP contribution is 2.27. The molecular weight excluding hydrogens is 340 g/mol. The summed E-state index contributed by atoms with van der Waals surface area (Å²) in [5.74, 6) is 0.562. The molecule has 1 aliphatic carbocycles. The Hall–Kier alpha value is -2.70. The lowest BCUT2D eigenvalue weighted by atomic mass is 9.96. The van der Waals surface area contributed by atoms with Crippen LogP contribution in [0, 0.1) is 6.92 Å². The molecule has 3 aromatic rings. The fraction of sp³-hybridized carbons (Fsp3) is 0.500. The zero-order chi connectivity index (χ0) is 18.8. The molecule has 27 heavy (non-hydrogen) atoms. The van der Waals surface area contributed by atoms with E-state index in [-0.39, 0.29) is 11.9 Å². The second kappa shape index (κ2) is 7.50. The van der Waals surface area contributed by atoms with Crippen LogP contribution in [0.25, 0.3) is 11.0 Å². The average molecular weight is 366 g/mol. The van der Waals surface area contributed by atoms with Crippen LogP contribution >= 0.6 is 0 Å². The molecule has 1 saturated carbocycles. The van der Waals surface area contributed by atoms with E-state index in [4.69, 9.17) is 0 Å². The van der Waals surface area contributed by atoms with E-state index in [0.717, 1.165) is 36.1 Å². The number of hydrogen-bond acceptors (Lipinski definition) is 4. The van der Waals surface area contributed by atoms with Gasteiger partial charge < -0.3 is 10.3 Å². The van der Waals surface area contributed by atoms with Crippen molar-refractivity contribution in [3.63, 3.8) is 0 Å². The second-order valence-corrected chi connectivity index (χ2v) is 7.45. The molecule has 2 N–H and O–H groups in total. The maximum Gasteiger partial charge on any atom is 0.274 e. The van der Waals surface area contributed by atoms with Gasteiger partial charge in [0.25, 0.3) is 5.91 Å². The largest absolute Gasteiger partial charge is 0.341 e. The summed E-state index contributed by atoms with van der Waals surface area (Å²) >= 11 is 0. The first-order valence-electron chi connectivity index (χ1n) is 9.83. The fourth-order valence-electron chi connectivity index (χ4n) is 3.81. The summed E-state index contributed by atoms with van der Waals surface area (Å²) in [5.41, 5.74) is 3.44. The molecule has 0 spiro atoms. The molecule has 1 fully saturated rings. The van der Waals surface area contributed by atoms with Crippen molar-refractivity contribution in [1.29, 1.82) is 0 Å². The number of imidazole rings is 1. The van der Waals surface area contributed by atoms with Crippen molar-refractivity contribution in [1.82, 2.24) is 30.3 Å². The zero-order valence-corrected chi connectivity index (χ0v) is 15.9. The van der Waals surface area contributed by atoms with E-state index in [1.807, 2.05) is 23.7 Å². The number of aromatic nitrogens is 5. The van der Waals surface area contributed by atoms with Crippen LogP contribution in [0.1, 0.15) is 79.4 Å². The Bertz CT molecular complexity index is 937. The molecule has 1 amide bonds. The first-order valence-corrected chi connectivity index (χ1v) is 9.83. The van der Waals surface area contributed by atoms with Crippen LogP contribution in [0.2, 0.25) is 0 Å². The molecule has 0 aliphatic heterocycles. The van der Waals surface area contributed by atoms with Crippen LogP contribution in [0.15, 0.2) is 24.4 Å². The summed E-state index contributed by atoms with van der Waals surface area (Å²) in [7, 11) is 0. The smallest absolute Gasteiger partial charge is 0.274 e. The van der Waals surface area contributed by atoms with Gasteiger partial charge in [-0.05, 0) is 43.9 Å². The fourth-order valence-corrected chi connectivity index (χ4v) is 3.81. The number of nitrogens with one attached hydrogen (secondary N) is 2. The lowest BCUT2D eigenvalue weighted by Gasteiger charge is -2.20. The molecule has 7 heteroatoms. The number of amides is 1. The standard InChI is InChI=1S/C20H26N6O/c1-3-15(19-21-16-10-9-13(2)11-17(16)22-19)23-20(27)18-12-26(25-24-18)14-7-5-4-6-8-14/h9-12,14-15H,3-8H2,1-2H3,(H,21,22)(H,23,27)/t15-/m0/s1. The first kappa shape index (κ1) is 17.7. The Morgan fingerprint density at radius 3 is 2.93 bits per heavy atom. The maximum atomic E-state index is 12.7. The van der Waals surface area contributed by atoms with Crippen LogP contribution in [-0.4, -0.2) is 30.9 Å². The number of H-pyrrole nitrogens is 1. The molecule has 0 bridgehead atoms. The number of benzene rings is 1. The number of aromatic amines is 1. The van der Waals surface area contributed by atoms with Crippen molar-refractivity contribution < 1.29 is 4.79 Å². The molecule has 1 atom stereocenters. The minimum Gasteiger partial charge on any atom is -0.341 e. The van der Waals surface area contributed by atoms with Crippen molar-refractivity contribution in [2.45, 2.75) is 64.5 Å². The molecule has 0 saturated heterocycles. The maximum absolute atomic E-state index is 12.7. The molecule has 1 aromatic carbocycles. The van der Waals surface area contributed by atoms with E-state index in [1.54, 1.807) is 6.20 Å². The van der Waals surface area contributed by atoms with Gasteiger partial charge in [-0.15, -0.1) is 5.10 Å². The SMILES string of the molecule is CC[C@H](NC(=O)c1cn(C2CCCCC2)nn1)c1nc2ccc(C)cc2[nH]1. The Labute approximate surface area is 158 Å². The third-order valence-corrected chi connectivity index (χ3v) is 5.39. The van der Waals surface area contributed by atoms with Crippen LogP contribution in [-0.2, 0) is 0 Å². The van der Waals surface area contributed by atoms with Gasteiger partial charge in [-0.25, -0.2) is 9.67 Å². The number of carbonyl (C=O) groups is 1. The Morgan fingerprint density at radius 1 is 1.33 bits per heavy atom. The third-order valence-electron chi connectivity index (χ3n) is 5.39. The molecule has 2 heterocycles. The molecule has 1 aliphatic rings. The van der Waals surface area contributed by atoms with Crippen LogP contribution in [0.5, 0.6) is 0 Å². The van der Waals surface area contributed by atoms with Gasteiger partial charge in [-0.3, -0.25) is 4.79 Å². The van der Waals surface area contributed by atoms with Crippen molar-refractivity contribution in [2.24, 2.45) is 0 Å². The molecule has 0 radical (unpaired) electrons. The summed E-state index contributed by atoms with van der Waals surface area (Å²) < 4.78 is 1.86. The number of hydrogen-bond donors (Lipinski definition) is 2. The van der Waals surface area contributed by atoms with Crippen LogP contribution < -0.4 is 5.32 Å². The first-order chi connectivity index (χ1) is 13.1. The summed E-state index contributed by atoms with van der Waals surface area (Å²) in [6.07, 6.45) is 8.46. The highest BCUT2D eigenvalue weighted by Gasteiger charge is 2.22. The number of carbonyl (C=O) groups excluding carboxylic acids is 1. The Morgan fingerprint density at radius 2 is 2.15 bits per heavy atom. The van der Waals surface area contributed by atoms with Gasteiger partial charge in [0, 0.05) is 0 Å². The molecule has 7 nitrogen and oxygen atoms in total. The summed E-state index contributed by atoms with van der Waals surface area (Å²) in [5, 5.41) is 11.3. The normalized spacial score (nSPS) is 16.5. The van der Waals surface area contributed by atoms with E-state index in [2.05, 4.69) is 38.6 Å². The van der Waals surface area contributed by atoms with Gasteiger partial charge >= 0.3 is 0 Å². The van der Waals surface area contributed by atoms with Crippen LogP contribution in [0.3, 0.4) is 0 Å². The van der Waals surface area contributed by atoms with Gasteiger partial charge in [0.05, 0.1) is 29.3 Å². The molecule has 0 unspecified atom stereocenters. The van der Waals surface area contributed by atoms with E-state index in [1.165, 1.54) is 24.8 Å². The number of nitrogens with zero attached hydrogens (tertiary/aromatic N) is 4. The summed E-state index contributed by atoms with van der Waals surface area (Å²) in [6, 6.07) is 6.28. The van der Waals surface area contributed by atoms with E-state index >= 15 is 0 Å². The van der Waals surface area contributed by atoms with Crippen molar-refractivity contribution in [3.05, 3.63) is 41.5 Å². The molecule has 142 valence electrons. The lowest BCUT2D eigenvalue weighted by Crippen LogP contribution is -2.29. The number of aryl methyl sites for hydroxylation is 1. The van der Waals surface area contributed by atoms with E-state index < -0.39 is 0 Å². The van der Waals surface area contributed by atoms with Crippen molar-refractivity contribution in [3.8, 4) is 0 Å². The predicted octanol–water partition coefficient (Wildman–Crippen LogP) is 3.85. The predicted molar refractivity (Wildman–Crippen MR) is 103 cm³/mol. The van der Waals surface area contributed by atoms with Gasteiger partial charge in [0.1, 0.15) is 5.82 Å². The Kier molecular flexibility index (Phi) is 4.92. The summed E-state index contributed by atoms with van der Waals surface area (Å²) in [6.45, 7) is 4.08. The monoisotopic (exact) mass is 366 g/mol. The average Bonchev–Trinajstić information content (AvgIpc) is 3.33.